The largest absolute Gasteiger partial charge is 0.386 e. The van der Waals surface area contributed by atoms with Gasteiger partial charge < -0.3 is 18.9 Å². The van der Waals surface area contributed by atoms with E-state index in [0.717, 1.165) is 0 Å². The summed E-state index contributed by atoms with van der Waals surface area (Å²) in [6.07, 6.45) is 6.50. The van der Waals surface area contributed by atoms with Crippen LogP contribution in [0.4, 0.5) is 0 Å². The smallest absolute Gasteiger partial charge is 0.292 e. The zero-order valence-electron chi connectivity index (χ0n) is 19.8. The summed E-state index contributed by atoms with van der Waals surface area (Å²) in [6.45, 7) is 0. The van der Waals surface area contributed by atoms with Crippen molar-refractivity contribution in [3.63, 3.8) is 0 Å². The average Bonchev–Trinajstić information content (AvgIpc) is 2.94. The zero-order chi connectivity index (χ0) is 27.8. The predicted molar refractivity (Wildman–Crippen MR) is 140 cm³/mol. The topological polar surface area (TPSA) is 132 Å². The maximum Gasteiger partial charge on any atom is 0.292 e. The van der Waals surface area contributed by atoms with Gasteiger partial charge in [0.15, 0.2) is 23.0 Å². The first-order chi connectivity index (χ1) is 19.0. The Kier molecular flexibility index (Phi) is 8.06. The van der Waals surface area contributed by atoms with Crippen molar-refractivity contribution in [2.24, 2.45) is 0 Å². The van der Waals surface area contributed by atoms with Crippen molar-refractivity contribution >= 4 is 23.2 Å². The summed E-state index contributed by atoms with van der Waals surface area (Å²) in [5.41, 5.74) is 0.915. The molecule has 0 aliphatic heterocycles. The van der Waals surface area contributed by atoms with Gasteiger partial charge >= 0.3 is 0 Å². The van der Waals surface area contributed by atoms with Crippen LogP contribution in [0.5, 0.6) is 23.0 Å². The highest BCUT2D eigenvalue weighted by molar-refractivity contribution is 6.32. The van der Waals surface area contributed by atoms with Gasteiger partial charge in [-0.3, -0.25) is 0 Å². The molecule has 0 unspecified atom stereocenters. The summed E-state index contributed by atoms with van der Waals surface area (Å²) < 4.78 is 20.5. The van der Waals surface area contributed by atoms with Gasteiger partial charge in [-0.1, -0.05) is 77.8 Å². The second-order valence-electron chi connectivity index (χ2n) is 7.81. The molecule has 0 amide bonds. The van der Waals surface area contributed by atoms with E-state index < -0.39 is 5.41 Å². The first kappa shape index (κ1) is 26.7. The lowest BCUT2D eigenvalue weighted by Crippen LogP contribution is -2.31. The lowest BCUT2D eigenvalue weighted by molar-refractivity contribution is 0.432. The molecule has 0 saturated heterocycles. The molecule has 0 radical (unpaired) electrons. The van der Waals surface area contributed by atoms with Crippen LogP contribution in [0.2, 0.25) is 10.0 Å². The third-order valence-electron chi connectivity index (χ3n) is 5.93. The number of nitriles is 4. The number of nitrogens with zero attached hydrogens (tertiary/aromatic N) is 4. The first-order valence-corrected chi connectivity index (χ1v) is 11.8. The number of hydrogen-bond acceptors (Lipinski definition) is 8. The van der Waals surface area contributed by atoms with E-state index in [1.54, 1.807) is 61.4 Å². The van der Waals surface area contributed by atoms with E-state index in [9.17, 15) is 10.5 Å². The Morgan fingerprint density at radius 1 is 0.513 bits per heavy atom. The molecule has 0 atom stereocenters. The van der Waals surface area contributed by atoms with Crippen LogP contribution >= 0.6 is 23.2 Å². The van der Waals surface area contributed by atoms with Gasteiger partial charge in [0, 0.05) is 5.56 Å². The molecule has 188 valence electrons. The number of halogens is 2. The minimum absolute atomic E-state index is 0.00270. The minimum atomic E-state index is -1.30. The van der Waals surface area contributed by atoms with Crippen LogP contribution in [0.15, 0.2) is 84.9 Å². The van der Waals surface area contributed by atoms with Gasteiger partial charge in [0.25, 0.3) is 25.0 Å². The Labute approximate surface area is 233 Å². The van der Waals surface area contributed by atoms with Gasteiger partial charge in [-0.2, -0.15) is 0 Å². The van der Waals surface area contributed by atoms with Gasteiger partial charge in [-0.05, 0) is 47.0 Å². The van der Waals surface area contributed by atoms with Gasteiger partial charge in [-0.25, -0.2) is 0 Å². The monoisotopic (exact) mass is 552 g/mol. The zero-order valence-corrected chi connectivity index (χ0v) is 21.3. The molecule has 0 heterocycles. The van der Waals surface area contributed by atoms with E-state index in [1.165, 1.54) is 18.2 Å². The molecule has 0 aliphatic rings. The van der Waals surface area contributed by atoms with Crippen molar-refractivity contribution < 1.29 is 18.9 Å². The Balaban J connectivity index is 2.21. The minimum Gasteiger partial charge on any atom is -0.386 e. The van der Waals surface area contributed by atoms with Crippen LogP contribution in [0.3, 0.4) is 0 Å². The SMILES string of the molecule is N#COc1ccc(C(c2ccccc2)(c2ccc(OC#N)c(Cl)c2)c2cccc(OC#N)c2OC#N)cc1Cl. The van der Waals surface area contributed by atoms with Crippen molar-refractivity contribution in [3.05, 3.63) is 117 Å². The third kappa shape index (κ3) is 4.95. The molecular weight excluding hydrogens is 539 g/mol. The average molecular weight is 553 g/mol. The maximum atomic E-state index is 9.55. The Morgan fingerprint density at radius 2 is 1.03 bits per heavy atom. The van der Waals surface area contributed by atoms with E-state index in [4.69, 9.17) is 52.7 Å². The normalized spacial score (nSPS) is 10.2. The van der Waals surface area contributed by atoms with Crippen LogP contribution in [0.1, 0.15) is 22.3 Å². The van der Waals surface area contributed by atoms with E-state index in [-0.39, 0.29) is 33.0 Å². The van der Waals surface area contributed by atoms with Gasteiger partial charge in [0.1, 0.15) is 0 Å². The van der Waals surface area contributed by atoms with Crippen LogP contribution in [-0.2, 0) is 5.41 Å². The second-order valence-corrected chi connectivity index (χ2v) is 8.63. The highest BCUT2D eigenvalue weighted by atomic mass is 35.5. The van der Waals surface area contributed by atoms with E-state index in [0.29, 0.717) is 22.3 Å². The number of ether oxygens (including phenoxy) is 4. The molecule has 4 rings (SSSR count). The molecule has 0 aliphatic carbocycles. The number of para-hydroxylation sites is 1. The standard InChI is InChI=1S/C29H14Cl2N4O4/c30-23-13-20(9-11-25(23)36-15-32)29(19-5-2-1-3-6-19,21-10-12-26(37-16-33)24(31)14-21)22-7-4-8-27(38-17-34)28(22)39-18-35/h1-14H. The molecule has 0 N–H and O–H groups in total. The van der Waals surface area contributed by atoms with Crippen LogP contribution in [0, 0.1) is 46.1 Å². The molecule has 8 nitrogen and oxygen atoms in total. The highest BCUT2D eigenvalue weighted by Crippen LogP contribution is 2.52. The van der Waals surface area contributed by atoms with Crippen molar-refractivity contribution in [1.29, 1.82) is 21.0 Å². The summed E-state index contributed by atoms with van der Waals surface area (Å²) in [5, 5.41) is 37.1. The highest BCUT2D eigenvalue weighted by Gasteiger charge is 2.42. The van der Waals surface area contributed by atoms with Crippen molar-refractivity contribution in [2.75, 3.05) is 0 Å². The molecule has 0 saturated carbocycles. The fourth-order valence-corrected chi connectivity index (χ4v) is 4.92. The number of rotatable bonds is 8. The van der Waals surface area contributed by atoms with Crippen LogP contribution in [0.25, 0.3) is 0 Å². The molecule has 0 fully saturated rings. The Bertz CT molecular complexity index is 1630. The summed E-state index contributed by atoms with van der Waals surface area (Å²) >= 11 is 13.1. The first-order valence-electron chi connectivity index (χ1n) is 11.0. The number of benzene rings is 4. The molecule has 0 bridgehead atoms. The van der Waals surface area contributed by atoms with Crippen molar-refractivity contribution in [1.82, 2.24) is 0 Å². The fraction of sp³-hybridized carbons (Fsp3) is 0.0345. The maximum absolute atomic E-state index is 9.55. The summed E-state index contributed by atoms with van der Waals surface area (Å²) in [6, 6.07) is 23.8. The Morgan fingerprint density at radius 3 is 1.51 bits per heavy atom. The van der Waals surface area contributed by atoms with E-state index >= 15 is 0 Å². The van der Waals surface area contributed by atoms with Crippen LogP contribution < -0.4 is 18.9 Å². The molecule has 39 heavy (non-hydrogen) atoms. The van der Waals surface area contributed by atoms with Gasteiger partial charge in [0.05, 0.1) is 15.5 Å². The van der Waals surface area contributed by atoms with Gasteiger partial charge in [-0.15, -0.1) is 21.0 Å². The van der Waals surface area contributed by atoms with E-state index in [1.807, 2.05) is 30.3 Å². The summed E-state index contributed by atoms with van der Waals surface area (Å²) in [5.74, 6) is 0.252. The lowest BCUT2D eigenvalue weighted by Gasteiger charge is -2.37. The molecular formula is C29H14Cl2N4O4. The summed E-state index contributed by atoms with van der Waals surface area (Å²) in [7, 11) is 0. The quantitative estimate of drug-likeness (QED) is 0.172. The lowest BCUT2D eigenvalue weighted by atomic mass is 9.64. The predicted octanol–water partition coefficient (Wildman–Crippen LogP) is 6.82. The second kappa shape index (κ2) is 11.8. The molecule has 10 heteroatoms. The van der Waals surface area contributed by atoms with Crippen LogP contribution in [-0.4, -0.2) is 0 Å². The molecule has 4 aromatic rings. The molecule has 0 spiro atoms. The third-order valence-corrected chi connectivity index (χ3v) is 6.52. The van der Waals surface area contributed by atoms with Crippen molar-refractivity contribution in [3.8, 4) is 48.0 Å². The molecule has 0 aromatic heterocycles. The summed E-state index contributed by atoms with van der Waals surface area (Å²) in [4.78, 5) is 0. The number of hydrogen-bond donors (Lipinski definition) is 0. The molecule has 4 aromatic carbocycles. The fourth-order valence-electron chi connectivity index (χ4n) is 4.48. The van der Waals surface area contributed by atoms with E-state index in [2.05, 4.69) is 0 Å². The van der Waals surface area contributed by atoms with Gasteiger partial charge in [0.2, 0.25) is 0 Å². The Hall–Kier alpha value is -5.38. The van der Waals surface area contributed by atoms with Crippen molar-refractivity contribution in [2.45, 2.75) is 5.41 Å².